The molecule has 0 unspecified atom stereocenters. The van der Waals surface area contributed by atoms with Crippen molar-refractivity contribution in [1.29, 1.82) is 0 Å². The van der Waals surface area contributed by atoms with Crippen LogP contribution >= 0.6 is 29.5 Å². The van der Waals surface area contributed by atoms with E-state index >= 15 is 0 Å². The molecule has 0 heterocycles. The van der Waals surface area contributed by atoms with Crippen molar-refractivity contribution in [3.63, 3.8) is 0 Å². The Balaban J connectivity index is 0. The summed E-state index contributed by atoms with van der Waals surface area (Å²) >= 11 is -1.77. The predicted octanol–water partition coefficient (Wildman–Crippen LogP) is 2.08. The Hall–Kier alpha value is 1.37. The first-order valence-corrected chi connectivity index (χ1v) is 6.47. The summed E-state index contributed by atoms with van der Waals surface area (Å²) < 4.78 is 0. The van der Waals surface area contributed by atoms with E-state index in [1.807, 2.05) is 0 Å². The summed E-state index contributed by atoms with van der Waals surface area (Å²) in [6, 6.07) is 0. The first kappa shape index (κ1) is 10.4. The van der Waals surface area contributed by atoms with E-state index < -0.39 is 12.3 Å². The fraction of sp³-hybridized carbons (Fsp3) is 0. The van der Waals surface area contributed by atoms with Crippen LogP contribution in [-0.4, -0.2) is 10.5 Å². The second-order valence-electron chi connectivity index (χ2n) is 0.192. The van der Waals surface area contributed by atoms with Crippen LogP contribution in [0, 0.1) is 0 Å². The van der Waals surface area contributed by atoms with Gasteiger partial charge in [-0.15, -0.1) is 0 Å². The molecule has 0 saturated heterocycles. The third-order valence-corrected chi connectivity index (χ3v) is 0. The van der Waals surface area contributed by atoms with Gasteiger partial charge in [0.2, 0.25) is 0 Å². The van der Waals surface area contributed by atoms with Gasteiger partial charge in [0.25, 0.3) is 0 Å². The van der Waals surface area contributed by atoms with Crippen LogP contribution in [0.2, 0.25) is 0 Å². The van der Waals surface area contributed by atoms with Crippen molar-refractivity contribution in [3.8, 4) is 0 Å². The molecular weight excluding hydrogens is 189 g/mol. The molecule has 6 heteroatoms. The zero-order valence-electron chi connectivity index (χ0n) is 2.48. The minimum absolute atomic E-state index is 1.77. The Kier molecular flexibility index (Phi) is 16.6. The molecule has 0 amide bonds. The van der Waals surface area contributed by atoms with Gasteiger partial charge in [0, 0.05) is 0 Å². The van der Waals surface area contributed by atoms with Gasteiger partial charge in [-0.25, -0.2) is 0 Å². The van der Waals surface area contributed by atoms with E-state index in [0.29, 0.717) is 0 Å². The van der Waals surface area contributed by atoms with Gasteiger partial charge in [0.05, 0.1) is 0 Å². The molecule has 2 N–H and O–H groups in total. The van der Waals surface area contributed by atoms with E-state index in [1.165, 1.54) is 0 Å². The molecule has 0 saturated carbocycles. The van der Waals surface area contributed by atoms with Gasteiger partial charge in [0.1, 0.15) is 0 Å². The van der Waals surface area contributed by atoms with Gasteiger partial charge in [-0.05, 0) is 0 Å². The van der Waals surface area contributed by atoms with Crippen molar-refractivity contribution >= 4 is 29.5 Å². The SMILES string of the molecule is OO.[Cl][V]([Cl])[Cl]. The maximum atomic E-state index is 6.00. The number of halogens is 3. The first-order chi connectivity index (χ1) is 2.73. The molecule has 0 rings (SSSR count). The van der Waals surface area contributed by atoms with E-state index in [2.05, 4.69) is 0 Å². The molecule has 0 aromatic heterocycles. The van der Waals surface area contributed by atoms with Gasteiger partial charge in [0.15, 0.2) is 0 Å². The quantitative estimate of drug-likeness (QED) is 0.454. The minimum atomic E-state index is -1.77. The molecule has 0 aliphatic carbocycles. The van der Waals surface area contributed by atoms with Crippen molar-refractivity contribution in [1.82, 2.24) is 0 Å². The Bertz CT molecular complexity index is 13.5. The van der Waals surface area contributed by atoms with Gasteiger partial charge in [-0.2, -0.15) is 0 Å². The molecule has 40 valence electrons. The van der Waals surface area contributed by atoms with Crippen LogP contribution in [0.15, 0.2) is 0 Å². The van der Waals surface area contributed by atoms with E-state index in [4.69, 9.17) is 40.1 Å². The summed E-state index contributed by atoms with van der Waals surface area (Å²) in [5.41, 5.74) is 0. The predicted molar refractivity (Wildman–Crippen MR) is 22.8 cm³/mol. The zero-order chi connectivity index (χ0) is 5.58. The van der Waals surface area contributed by atoms with Gasteiger partial charge < -0.3 is 0 Å². The molecule has 0 aliphatic rings. The van der Waals surface area contributed by atoms with E-state index in [0.717, 1.165) is 0 Å². The average Bonchev–Trinajstić information content (AvgIpc) is 1.41. The van der Waals surface area contributed by atoms with Crippen LogP contribution in [-0.2, 0) is 12.3 Å². The van der Waals surface area contributed by atoms with E-state index in [1.54, 1.807) is 0 Å². The third-order valence-electron chi connectivity index (χ3n) is 0. The molecule has 0 radical (unpaired) electrons. The monoisotopic (exact) mass is 190 g/mol. The van der Waals surface area contributed by atoms with Crippen LogP contribution in [0.3, 0.4) is 0 Å². The summed E-state index contributed by atoms with van der Waals surface area (Å²) in [6.45, 7) is 0. The standard InChI is InChI=1S/3ClH.H2O2.V/c;;;1-2;/h3*1H;1-2H;/q;;;;+3/p-3. The Morgan fingerprint density at radius 2 is 1.00 bits per heavy atom. The normalized spacial score (nSPS) is 7.00. The maximum absolute atomic E-state index is 6.00. The Morgan fingerprint density at radius 1 is 1.00 bits per heavy atom. The topological polar surface area (TPSA) is 40.5 Å². The van der Waals surface area contributed by atoms with Crippen molar-refractivity contribution in [2.45, 2.75) is 0 Å². The fourth-order valence-electron chi connectivity index (χ4n) is 0. The summed E-state index contributed by atoms with van der Waals surface area (Å²) in [6.07, 6.45) is 0. The first-order valence-electron chi connectivity index (χ1n) is 0.707. The van der Waals surface area contributed by atoms with Gasteiger partial charge in [-0.3, -0.25) is 10.5 Å². The molecule has 6 heavy (non-hydrogen) atoms. The fourth-order valence-corrected chi connectivity index (χ4v) is 0. The molecule has 0 atom stereocenters. The van der Waals surface area contributed by atoms with Crippen LogP contribution in [0.5, 0.6) is 0 Å². The second-order valence-corrected chi connectivity index (χ2v) is 7.11. The van der Waals surface area contributed by atoms with Crippen LogP contribution < -0.4 is 0 Å². The average molecular weight is 191 g/mol. The van der Waals surface area contributed by atoms with Crippen molar-refractivity contribution in [2.75, 3.05) is 0 Å². The van der Waals surface area contributed by atoms with E-state index in [9.17, 15) is 0 Å². The molecule has 0 aromatic rings. The second kappa shape index (κ2) is 9.62. The number of rotatable bonds is 0. The van der Waals surface area contributed by atoms with Crippen LogP contribution in [0.1, 0.15) is 0 Å². The van der Waals surface area contributed by atoms with Crippen LogP contribution in [0.4, 0.5) is 0 Å². The van der Waals surface area contributed by atoms with Crippen LogP contribution in [0.25, 0.3) is 0 Å². The summed E-state index contributed by atoms with van der Waals surface area (Å²) in [5.74, 6) is 0. The van der Waals surface area contributed by atoms with Gasteiger partial charge in [-0.1, -0.05) is 0 Å². The van der Waals surface area contributed by atoms with Crippen molar-refractivity contribution in [3.05, 3.63) is 0 Å². The third kappa shape index (κ3) is 54.4. The Morgan fingerprint density at radius 3 is 1.00 bits per heavy atom. The Labute approximate surface area is 52.4 Å². The molecule has 0 fully saturated rings. The molecule has 0 spiro atoms. The number of hydrogen-bond donors (Lipinski definition) is 2. The molecule has 0 bridgehead atoms. The zero-order valence-corrected chi connectivity index (χ0v) is 6.14. The van der Waals surface area contributed by atoms with Gasteiger partial charge >= 0.3 is 41.8 Å². The summed E-state index contributed by atoms with van der Waals surface area (Å²) in [4.78, 5) is 0. The number of hydrogen-bond acceptors (Lipinski definition) is 2. The van der Waals surface area contributed by atoms with Crippen molar-refractivity contribution < 1.29 is 22.8 Å². The van der Waals surface area contributed by atoms with Crippen molar-refractivity contribution in [2.24, 2.45) is 0 Å². The molecule has 2 nitrogen and oxygen atoms in total. The summed E-state index contributed by atoms with van der Waals surface area (Å²) in [5, 5.41) is 12.0. The van der Waals surface area contributed by atoms with E-state index in [-0.39, 0.29) is 0 Å². The molecule has 0 aromatic carbocycles. The summed E-state index contributed by atoms with van der Waals surface area (Å²) in [7, 11) is 14.9. The molecular formula is H2Cl3O2V. The molecule has 0 aliphatic heterocycles.